The van der Waals surface area contributed by atoms with Crippen LogP contribution in [-0.4, -0.2) is 41.0 Å². The summed E-state index contributed by atoms with van der Waals surface area (Å²) in [5.74, 6) is 0.985. The standard InChI is InChI=1S/C18H19BrN4/c19-17-6-2-4-15-14(3-1-5-16(15)17)13-22-9-11-23(12-10-22)18-20-7-8-21-18/h1-8H,9-13H2,(H,20,21). The quantitative estimate of drug-likeness (QED) is 0.764. The summed E-state index contributed by atoms with van der Waals surface area (Å²) >= 11 is 3.66. The second-order valence-electron chi connectivity index (χ2n) is 5.93. The molecule has 0 unspecified atom stereocenters. The number of imidazole rings is 1. The molecule has 1 N–H and O–H groups in total. The molecule has 1 aliphatic heterocycles. The van der Waals surface area contributed by atoms with Gasteiger partial charge in [0.15, 0.2) is 0 Å². The molecule has 0 spiro atoms. The maximum Gasteiger partial charge on any atom is 0.202 e. The van der Waals surface area contributed by atoms with E-state index in [0.29, 0.717) is 0 Å². The Morgan fingerprint density at radius 1 is 1.00 bits per heavy atom. The summed E-state index contributed by atoms with van der Waals surface area (Å²) in [6.07, 6.45) is 3.70. The summed E-state index contributed by atoms with van der Waals surface area (Å²) in [5.41, 5.74) is 1.40. The molecule has 0 aliphatic carbocycles. The maximum absolute atomic E-state index is 4.35. The number of piperazine rings is 1. The third-order valence-electron chi connectivity index (χ3n) is 4.51. The lowest BCUT2D eigenvalue weighted by Gasteiger charge is -2.34. The highest BCUT2D eigenvalue weighted by Crippen LogP contribution is 2.27. The normalized spacial score (nSPS) is 16.1. The average molecular weight is 371 g/mol. The summed E-state index contributed by atoms with van der Waals surface area (Å²) in [6.45, 7) is 5.15. The zero-order chi connectivity index (χ0) is 15.6. The van der Waals surface area contributed by atoms with Gasteiger partial charge < -0.3 is 9.88 Å². The number of fused-ring (bicyclic) bond motifs is 1. The number of aromatic amines is 1. The van der Waals surface area contributed by atoms with E-state index in [-0.39, 0.29) is 0 Å². The molecule has 0 saturated carbocycles. The Morgan fingerprint density at radius 2 is 1.78 bits per heavy atom. The van der Waals surface area contributed by atoms with Crippen molar-refractivity contribution in [1.82, 2.24) is 14.9 Å². The lowest BCUT2D eigenvalue weighted by molar-refractivity contribution is 0.249. The van der Waals surface area contributed by atoms with Crippen molar-refractivity contribution in [2.75, 3.05) is 31.1 Å². The van der Waals surface area contributed by atoms with Crippen molar-refractivity contribution in [1.29, 1.82) is 0 Å². The van der Waals surface area contributed by atoms with Crippen LogP contribution < -0.4 is 4.90 Å². The molecule has 2 heterocycles. The van der Waals surface area contributed by atoms with Gasteiger partial charge in [-0.1, -0.05) is 46.3 Å². The van der Waals surface area contributed by atoms with Gasteiger partial charge in [-0.3, -0.25) is 4.90 Å². The molecule has 0 bridgehead atoms. The monoisotopic (exact) mass is 370 g/mol. The molecular weight excluding hydrogens is 352 g/mol. The molecule has 1 fully saturated rings. The molecule has 1 saturated heterocycles. The van der Waals surface area contributed by atoms with Gasteiger partial charge in [-0.25, -0.2) is 4.98 Å². The minimum atomic E-state index is 0.985. The average Bonchev–Trinajstić information content (AvgIpc) is 3.11. The highest BCUT2D eigenvalue weighted by Gasteiger charge is 2.19. The third-order valence-corrected chi connectivity index (χ3v) is 5.20. The summed E-state index contributed by atoms with van der Waals surface area (Å²) in [5, 5.41) is 2.63. The number of nitrogens with zero attached hydrogens (tertiary/aromatic N) is 3. The van der Waals surface area contributed by atoms with E-state index >= 15 is 0 Å². The Kier molecular flexibility index (Phi) is 4.06. The second kappa shape index (κ2) is 6.34. The number of benzene rings is 2. The summed E-state index contributed by atoms with van der Waals surface area (Å²) in [6, 6.07) is 13.0. The number of hydrogen-bond donors (Lipinski definition) is 1. The Balaban J connectivity index is 1.49. The molecular formula is C18H19BrN4. The summed E-state index contributed by atoms with van der Waals surface area (Å²) in [4.78, 5) is 12.4. The number of rotatable bonds is 3. The fourth-order valence-corrected chi connectivity index (χ4v) is 3.76. The van der Waals surface area contributed by atoms with Crippen LogP contribution in [0.25, 0.3) is 10.8 Å². The van der Waals surface area contributed by atoms with Crippen molar-refractivity contribution in [3.8, 4) is 0 Å². The van der Waals surface area contributed by atoms with Crippen molar-refractivity contribution < 1.29 is 0 Å². The SMILES string of the molecule is Brc1cccc2c(CN3CCN(c4ncc[nH]4)CC3)cccc12. The Hall–Kier alpha value is -1.85. The number of nitrogens with one attached hydrogen (secondary N) is 1. The van der Waals surface area contributed by atoms with Crippen LogP contribution in [0.5, 0.6) is 0 Å². The maximum atomic E-state index is 4.35. The molecule has 4 rings (SSSR count). The smallest absolute Gasteiger partial charge is 0.202 e. The highest BCUT2D eigenvalue weighted by molar-refractivity contribution is 9.10. The predicted octanol–water partition coefficient (Wildman–Crippen LogP) is 3.65. The fraction of sp³-hybridized carbons (Fsp3) is 0.278. The molecule has 5 heteroatoms. The largest absolute Gasteiger partial charge is 0.340 e. The Morgan fingerprint density at radius 3 is 2.57 bits per heavy atom. The topological polar surface area (TPSA) is 35.2 Å². The minimum absolute atomic E-state index is 0.985. The van der Waals surface area contributed by atoms with Crippen molar-refractivity contribution in [2.24, 2.45) is 0 Å². The van der Waals surface area contributed by atoms with Gasteiger partial charge >= 0.3 is 0 Å². The van der Waals surface area contributed by atoms with Crippen molar-refractivity contribution >= 4 is 32.7 Å². The number of anilines is 1. The van der Waals surface area contributed by atoms with Crippen LogP contribution in [0.15, 0.2) is 53.3 Å². The van der Waals surface area contributed by atoms with E-state index in [1.807, 2.05) is 12.4 Å². The van der Waals surface area contributed by atoms with Crippen LogP contribution >= 0.6 is 15.9 Å². The third kappa shape index (κ3) is 2.99. The zero-order valence-electron chi connectivity index (χ0n) is 12.9. The molecule has 23 heavy (non-hydrogen) atoms. The Bertz CT molecular complexity index is 792. The van der Waals surface area contributed by atoms with Gasteiger partial charge in [-0.15, -0.1) is 0 Å². The lowest BCUT2D eigenvalue weighted by atomic mass is 10.0. The van der Waals surface area contributed by atoms with Crippen molar-refractivity contribution in [3.63, 3.8) is 0 Å². The van der Waals surface area contributed by atoms with Gasteiger partial charge in [0.25, 0.3) is 0 Å². The van der Waals surface area contributed by atoms with E-state index in [4.69, 9.17) is 0 Å². The molecule has 118 valence electrons. The van der Waals surface area contributed by atoms with Crippen LogP contribution in [0.3, 0.4) is 0 Å². The van der Waals surface area contributed by atoms with E-state index in [9.17, 15) is 0 Å². The van der Waals surface area contributed by atoms with E-state index in [2.05, 4.69) is 72.1 Å². The van der Waals surface area contributed by atoms with Crippen LogP contribution in [0.1, 0.15) is 5.56 Å². The van der Waals surface area contributed by atoms with Gasteiger partial charge in [0.1, 0.15) is 0 Å². The predicted molar refractivity (Wildman–Crippen MR) is 97.7 cm³/mol. The van der Waals surface area contributed by atoms with Crippen LogP contribution in [0, 0.1) is 0 Å². The second-order valence-corrected chi connectivity index (χ2v) is 6.78. The number of hydrogen-bond acceptors (Lipinski definition) is 3. The molecule has 1 aliphatic rings. The van der Waals surface area contributed by atoms with E-state index < -0.39 is 0 Å². The first-order chi connectivity index (χ1) is 11.3. The molecule has 0 amide bonds. The van der Waals surface area contributed by atoms with E-state index in [0.717, 1.165) is 38.7 Å². The number of halogens is 1. The first kappa shape index (κ1) is 14.7. The van der Waals surface area contributed by atoms with Crippen LogP contribution in [0.2, 0.25) is 0 Å². The highest BCUT2D eigenvalue weighted by atomic mass is 79.9. The fourth-order valence-electron chi connectivity index (χ4n) is 3.26. The van der Waals surface area contributed by atoms with Gasteiger partial charge in [0.05, 0.1) is 0 Å². The molecule has 4 nitrogen and oxygen atoms in total. The molecule has 3 aromatic rings. The molecule has 0 radical (unpaired) electrons. The minimum Gasteiger partial charge on any atom is -0.340 e. The van der Waals surface area contributed by atoms with Gasteiger partial charge in [0.2, 0.25) is 5.95 Å². The Labute approximate surface area is 144 Å². The van der Waals surface area contributed by atoms with Crippen LogP contribution in [0.4, 0.5) is 5.95 Å². The molecule has 0 atom stereocenters. The number of H-pyrrole nitrogens is 1. The first-order valence-corrected chi connectivity index (χ1v) is 8.73. The van der Waals surface area contributed by atoms with Crippen molar-refractivity contribution in [3.05, 3.63) is 58.8 Å². The van der Waals surface area contributed by atoms with E-state index in [1.54, 1.807) is 0 Å². The number of aromatic nitrogens is 2. The summed E-state index contributed by atoms with van der Waals surface area (Å²) in [7, 11) is 0. The molecule has 1 aromatic heterocycles. The van der Waals surface area contributed by atoms with Crippen LogP contribution in [-0.2, 0) is 6.54 Å². The van der Waals surface area contributed by atoms with Gasteiger partial charge in [-0.05, 0) is 22.4 Å². The first-order valence-electron chi connectivity index (χ1n) is 7.94. The lowest BCUT2D eigenvalue weighted by Crippen LogP contribution is -2.46. The summed E-state index contributed by atoms with van der Waals surface area (Å²) < 4.78 is 1.17. The molecule has 2 aromatic carbocycles. The van der Waals surface area contributed by atoms with Gasteiger partial charge in [-0.2, -0.15) is 0 Å². The van der Waals surface area contributed by atoms with E-state index in [1.165, 1.54) is 20.8 Å². The van der Waals surface area contributed by atoms with Gasteiger partial charge in [0, 0.05) is 49.6 Å². The van der Waals surface area contributed by atoms with Crippen molar-refractivity contribution in [2.45, 2.75) is 6.54 Å². The zero-order valence-corrected chi connectivity index (χ0v) is 14.5.